The zero-order valence-electron chi connectivity index (χ0n) is 19.9. The van der Waals surface area contributed by atoms with Gasteiger partial charge in [-0.25, -0.2) is 4.79 Å². The van der Waals surface area contributed by atoms with Crippen LogP contribution in [0.1, 0.15) is 57.1 Å². The van der Waals surface area contributed by atoms with Crippen LogP contribution < -0.4 is 10.6 Å². The van der Waals surface area contributed by atoms with E-state index in [0.717, 1.165) is 22.3 Å². The van der Waals surface area contributed by atoms with E-state index in [1.165, 1.54) is 0 Å². The third-order valence-corrected chi connectivity index (χ3v) is 6.59. The van der Waals surface area contributed by atoms with Crippen molar-refractivity contribution in [3.63, 3.8) is 0 Å². The molecule has 0 bridgehead atoms. The summed E-state index contributed by atoms with van der Waals surface area (Å²) >= 11 is 0. The van der Waals surface area contributed by atoms with Gasteiger partial charge in [-0.15, -0.1) is 0 Å². The van der Waals surface area contributed by atoms with E-state index in [9.17, 15) is 19.5 Å². The summed E-state index contributed by atoms with van der Waals surface area (Å²) in [4.78, 5) is 37.0. The maximum atomic E-state index is 12.8. The number of hydrogen-bond acceptors (Lipinski definition) is 4. The molecule has 2 aromatic rings. The second-order valence-electron chi connectivity index (χ2n) is 10.5. The summed E-state index contributed by atoms with van der Waals surface area (Å²) in [6.07, 6.45) is 0.800. The minimum Gasteiger partial charge on any atom is -0.481 e. The first kappa shape index (κ1) is 23.8. The molecule has 180 valence electrons. The van der Waals surface area contributed by atoms with E-state index < -0.39 is 23.5 Å². The Labute approximate surface area is 199 Å². The molecule has 4 rings (SSSR count). The van der Waals surface area contributed by atoms with Gasteiger partial charge in [-0.2, -0.15) is 0 Å². The molecule has 0 aliphatic heterocycles. The van der Waals surface area contributed by atoms with Crippen molar-refractivity contribution in [3.8, 4) is 11.1 Å². The van der Waals surface area contributed by atoms with Gasteiger partial charge in [0.05, 0.1) is 5.92 Å². The first-order valence-corrected chi connectivity index (χ1v) is 11.7. The van der Waals surface area contributed by atoms with E-state index in [0.29, 0.717) is 19.3 Å². The zero-order valence-corrected chi connectivity index (χ0v) is 19.9. The number of fused-ring (bicyclic) bond motifs is 3. The fourth-order valence-electron chi connectivity index (χ4n) is 4.73. The molecule has 1 unspecified atom stereocenters. The Kier molecular flexibility index (Phi) is 6.39. The molecule has 1 saturated carbocycles. The van der Waals surface area contributed by atoms with Gasteiger partial charge in [0.15, 0.2) is 0 Å². The quantitative estimate of drug-likeness (QED) is 0.540. The first-order valence-electron chi connectivity index (χ1n) is 11.7. The number of carboxylic acid groups (broad SMARTS) is 1. The lowest BCUT2D eigenvalue weighted by atomic mass is 9.84. The summed E-state index contributed by atoms with van der Waals surface area (Å²) in [5.41, 5.74) is 3.34. The number of benzene rings is 2. The zero-order chi connectivity index (χ0) is 24.5. The lowest BCUT2D eigenvalue weighted by Gasteiger charge is -2.24. The lowest BCUT2D eigenvalue weighted by molar-refractivity contribution is -0.142. The van der Waals surface area contributed by atoms with Crippen molar-refractivity contribution in [3.05, 3.63) is 59.7 Å². The van der Waals surface area contributed by atoms with Crippen molar-refractivity contribution in [1.29, 1.82) is 0 Å². The minimum atomic E-state index is -1.02. The minimum absolute atomic E-state index is 0.0273. The third kappa shape index (κ3) is 5.08. The summed E-state index contributed by atoms with van der Waals surface area (Å²) in [6, 6.07) is 16.2. The smallest absolute Gasteiger partial charge is 0.408 e. The second-order valence-corrected chi connectivity index (χ2v) is 10.5. The predicted molar refractivity (Wildman–Crippen MR) is 128 cm³/mol. The van der Waals surface area contributed by atoms with Gasteiger partial charge in [0.25, 0.3) is 0 Å². The van der Waals surface area contributed by atoms with Crippen molar-refractivity contribution in [1.82, 2.24) is 10.6 Å². The average molecular weight is 465 g/mol. The molecular formula is C27H32N2O5. The van der Waals surface area contributed by atoms with Gasteiger partial charge in [-0.3, -0.25) is 9.59 Å². The number of carbonyl (C=O) groups is 3. The number of carbonyl (C=O) groups excluding carboxylic acids is 2. The number of carboxylic acids is 1. The van der Waals surface area contributed by atoms with Gasteiger partial charge < -0.3 is 20.5 Å². The molecule has 1 atom stereocenters. The van der Waals surface area contributed by atoms with Crippen LogP contribution in [0.4, 0.5) is 4.79 Å². The van der Waals surface area contributed by atoms with Crippen LogP contribution >= 0.6 is 0 Å². The van der Waals surface area contributed by atoms with Crippen LogP contribution in [-0.2, 0) is 14.3 Å². The Hall–Kier alpha value is -3.35. The Morgan fingerprint density at radius 1 is 1.03 bits per heavy atom. The molecule has 34 heavy (non-hydrogen) atoms. The van der Waals surface area contributed by atoms with Crippen LogP contribution in [0.15, 0.2) is 48.5 Å². The molecule has 0 radical (unpaired) electrons. The number of ether oxygens (including phenoxy) is 1. The van der Waals surface area contributed by atoms with E-state index in [1.54, 1.807) is 0 Å². The summed E-state index contributed by atoms with van der Waals surface area (Å²) in [5.74, 6) is -2.05. The fraction of sp³-hybridized carbons (Fsp3) is 0.444. The lowest BCUT2D eigenvalue weighted by Crippen LogP contribution is -2.50. The number of hydrogen-bond donors (Lipinski definition) is 3. The van der Waals surface area contributed by atoms with Crippen LogP contribution in [0.3, 0.4) is 0 Å². The highest BCUT2D eigenvalue weighted by Crippen LogP contribution is 2.44. The maximum Gasteiger partial charge on any atom is 0.408 e. The highest BCUT2D eigenvalue weighted by molar-refractivity contribution is 5.93. The van der Waals surface area contributed by atoms with Crippen LogP contribution in [0.25, 0.3) is 11.1 Å². The number of rotatable bonds is 8. The van der Waals surface area contributed by atoms with Crippen LogP contribution in [-0.4, -0.2) is 41.8 Å². The molecule has 1 fully saturated rings. The van der Waals surface area contributed by atoms with E-state index >= 15 is 0 Å². The molecule has 2 aliphatic rings. The average Bonchev–Trinajstić information content (AvgIpc) is 3.49. The summed E-state index contributed by atoms with van der Waals surface area (Å²) in [5, 5.41) is 14.9. The monoisotopic (exact) mass is 464 g/mol. The maximum absolute atomic E-state index is 12.8. The molecule has 0 aromatic heterocycles. The highest BCUT2D eigenvalue weighted by atomic mass is 16.5. The molecule has 3 N–H and O–H groups in total. The van der Waals surface area contributed by atoms with Gasteiger partial charge in [0, 0.05) is 12.5 Å². The van der Waals surface area contributed by atoms with Gasteiger partial charge in [0.2, 0.25) is 5.91 Å². The molecule has 2 aromatic carbocycles. The molecule has 0 spiro atoms. The molecular weight excluding hydrogens is 432 g/mol. The van der Waals surface area contributed by atoms with Crippen LogP contribution in [0, 0.1) is 11.3 Å². The van der Waals surface area contributed by atoms with Crippen molar-refractivity contribution < 1.29 is 24.2 Å². The van der Waals surface area contributed by atoms with Crippen molar-refractivity contribution in [2.24, 2.45) is 11.3 Å². The number of alkyl carbamates (subject to hydrolysis) is 1. The highest BCUT2D eigenvalue weighted by Gasteiger charge is 2.52. The SMILES string of the molecule is CC(C)(C)CC(CNC(=O)C1(NC(=O)OCC2c3ccccc3-c3ccccc32)CC1)C(=O)O. The Balaban J connectivity index is 1.34. The van der Waals surface area contributed by atoms with E-state index in [-0.39, 0.29) is 30.4 Å². The van der Waals surface area contributed by atoms with Crippen molar-refractivity contribution in [2.45, 2.75) is 51.5 Å². The summed E-state index contributed by atoms with van der Waals surface area (Å²) < 4.78 is 5.57. The van der Waals surface area contributed by atoms with Crippen LogP contribution in [0.2, 0.25) is 0 Å². The predicted octanol–water partition coefficient (Wildman–Crippen LogP) is 4.31. The number of aliphatic carboxylic acids is 1. The molecule has 0 heterocycles. The number of nitrogens with one attached hydrogen (secondary N) is 2. The van der Waals surface area contributed by atoms with Gasteiger partial charge >= 0.3 is 12.1 Å². The molecule has 7 heteroatoms. The van der Waals surface area contributed by atoms with Gasteiger partial charge in [-0.1, -0.05) is 69.3 Å². The number of amides is 2. The fourth-order valence-corrected chi connectivity index (χ4v) is 4.73. The van der Waals surface area contributed by atoms with E-state index in [1.807, 2.05) is 57.2 Å². The molecule has 2 amide bonds. The first-order chi connectivity index (χ1) is 16.1. The molecule has 7 nitrogen and oxygen atoms in total. The Bertz CT molecular complexity index is 1050. The van der Waals surface area contributed by atoms with Gasteiger partial charge in [0.1, 0.15) is 12.1 Å². The van der Waals surface area contributed by atoms with Gasteiger partial charge in [-0.05, 0) is 46.9 Å². The summed E-state index contributed by atoms with van der Waals surface area (Å²) in [7, 11) is 0. The summed E-state index contributed by atoms with van der Waals surface area (Å²) in [6.45, 7) is 6.09. The third-order valence-electron chi connectivity index (χ3n) is 6.59. The van der Waals surface area contributed by atoms with Crippen molar-refractivity contribution >= 4 is 18.0 Å². The molecule has 2 aliphatic carbocycles. The second kappa shape index (κ2) is 9.12. The van der Waals surface area contributed by atoms with Crippen LogP contribution in [0.5, 0.6) is 0 Å². The topological polar surface area (TPSA) is 105 Å². The Morgan fingerprint density at radius 2 is 1.59 bits per heavy atom. The standard InChI is InChI=1S/C27H32N2O5/c1-26(2,3)14-17(23(30)31)15-28-24(32)27(12-13-27)29-25(33)34-16-22-20-10-6-4-8-18(20)19-9-5-7-11-21(19)22/h4-11,17,22H,12-16H2,1-3H3,(H,28,32)(H,29,33)(H,30,31). The molecule has 0 saturated heterocycles. The van der Waals surface area contributed by atoms with Crippen molar-refractivity contribution in [2.75, 3.05) is 13.2 Å². The normalized spacial score (nSPS) is 16.7. The van der Waals surface area contributed by atoms with E-state index in [4.69, 9.17) is 4.74 Å². The van der Waals surface area contributed by atoms with E-state index in [2.05, 4.69) is 22.8 Å². The largest absolute Gasteiger partial charge is 0.481 e. The Morgan fingerprint density at radius 3 is 2.09 bits per heavy atom.